The largest absolute Gasteiger partial charge is 0.459 e. The monoisotopic (exact) mass is 248 g/mol. The van der Waals surface area contributed by atoms with E-state index in [1.54, 1.807) is 12.1 Å². The maximum atomic E-state index is 11.5. The van der Waals surface area contributed by atoms with E-state index in [1.165, 1.54) is 25.5 Å². The van der Waals surface area contributed by atoms with E-state index < -0.39 is 0 Å². The third kappa shape index (κ3) is 4.04. The second-order valence-electron chi connectivity index (χ2n) is 4.59. The average molecular weight is 248 g/mol. The zero-order valence-corrected chi connectivity index (χ0v) is 10.5. The lowest BCUT2D eigenvalue weighted by atomic mass is 9.94. The number of carbonyl (C=O) groups excluding carboxylic acids is 1. The van der Waals surface area contributed by atoms with Crippen LogP contribution in [0.3, 0.4) is 0 Å². The van der Waals surface area contributed by atoms with Gasteiger partial charge in [-0.05, 0) is 43.9 Å². The number of allylic oxidation sites excluding steroid dienone is 2. The molecule has 0 aliphatic heterocycles. The molecule has 18 heavy (non-hydrogen) atoms. The SMILES string of the molecule is O=C(NCCNCC1CC=CCC1)c1ccco1. The van der Waals surface area contributed by atoms with E-state index in [-0.39, 0.29) is 5.91 Å². The smallest absolute Gasteiger partial charge is 0.287 e. The minimum Gasteiger partial charge on any atom is -0.459 e. The number of amides is 1. The van der Waals surface area contributed by atoms with Crippen molar-refractivity contribution in [1.82, 2.24) is 10.6 Å². The Morgan fingerprint density at radius 1 is 1.39 bits per heavy atom. The van der Waals surface area contributed by atoms with Crippen molar-refractivity contribution < 1.29 is 9.21 Å². The molecule has 1 aliphatic carbocycles. The van der Waals surface area contributed by atoms with Gasteiger partial charge in [0.05, 0.1) is 6.26 Å². The van der Waals surface area contributed by atoms with E-state index in [2.05, 4.69) is 22.8 Å². The molecule has 2 N–H and O–H groups in total. The maximum Gasteiger partial charge on any atom is 0.287 e. The fraction of sp³-hybridized carbons (Fsp3) is 0.500. The van der Waals surface area contributed by atoms with E-state index in [0.29, 0.717) is 12.3 Å². The molecular weight excluding hydrogens is 228 g/mol. The summed E-state index contributed by atoms with van der Waals surface area (Å²) in [6, 6.07) is 3.38. The zero-order chi connectivity index (χ0) is 12.6. The molecule has 1 atom stereocenters. The minimum atomic E-state index is -0.151. The lowest BCUT2D eigenvalue weighted by Gasteiger charge is -2.18. The molecule has 0 bridgehead atoms. The Morgan fingerprint density at radius 3 is 3.06 bits per heavy atom. The second kappa shape index (κ2) is 7.01. The highest BCUT2D eigenvalue weighted by atomic mass is 16.3. The van der Waals surface area contributed by atoms with Gasteiger partial charge in [-0.1, -0.05) is 12.2 Å². The van der Waals surface area contributed by atoms with Crippen molar-refractivity contribution in [3.8, 4) is 0 Å². The van der Waals surface area contributed by atoms with Crippen LogP contribution in [0.5, 0.6) is 0 Å². The van der Waals surface area contributed by atoms with Crippen molar-refractivity contribution in [2.75, 3.05) is 19.6 Å². The van der Waals surface area contributed by atoms with E-state index in [4.69, 9.17) is 4.42 Å². The lowest BCUT2D eigenvalue weighted by molar-refractivity contribution is 0.0926. The van der Waals surface area contributed by atoms with Crippen molar-refractivity contribution in [3.63, 3.8) is 0 Å². The highest BCUT2D eigenvalue weighted by Crippen LogP contribution is 2.16. The van der Waals surface area contributed by atoms with Crippen LogP contribution >= 0.6 is 0 Å². The number of carbonyl (C=O) groups is 1. The second-order valence-corrected chi connectivity index (χ2v) is 4.59. The molecular formula is C14H20N2O2. The summed E-state index contributed by atoms with van der Waals surface area (Å²) in [5.74, 6) is 0.964. The molecule has 0 saturated carbocycles. The van der Waals surface area contributed by atoms with Crippen molar-refractivity contribution >= 4 is 5.91 Å². The molecule has 0 aromatic carbocycles. The average Bonchev–Trinajstić information content (AvgIpc) is 2.93. The molecule has 0 fully saturated rings. The molecule has 4 heteroatoms. The molecule has 1 amide bonds. The van der Waals surface area contributed by atoms with Gasteiger partial charge in [0.25, 0.3) is 5.91 Å². The van der Waals surface area contributed by atoms with Gasteiger partial charge in [-0.15, -0.1) is 0 Å². The predicted molar refractivity (Wildman–Crippen MR) is 70.4 cm³/mol. The van der Waals surface area contributed by atoms with Gasteiger partial charge >= 0.3 is 0 Å². The predicted octanol–water partition coefficient (Wildman–Crippen LogP) is 1.96. The van der Waals surface area contributed by atoms with Crippen LogP contribution in [0.2, 0.25) is 0 Å². The number of hydrogen-bond donors (Lipinski definition) is 2. The highest BCUT2D eigenvalue weighted by molar-refractivity contribution is 5.91. The number of hydrogen-bond acceptors (Lipinski definition) is 3. The molecule has 1 aromatic heterocycles. The summed E-state index contributed by atoms with van der Waals surface area (Å²) < 4.78 is 5.01. The van der Waals surface area contributed by atoms with Gasteiger partial charge in [0.1, 0.15) is 0 Å². The summed E-state index contributed by atoms with van der Waals surface area (Å²) >= 11 is 0. The summed E-state index contributed by atoms with van der Waals surface area (Å²) in [5, 5.41) is 6.19. The summed E-state index contributed by atoms with van der Waals surface area (Å²) in [4.78, 5) is 11.5. The third-order valence-electron chi connectivity index (χ3n) is 3.14. The summed E-state index contributed by atoms with van der Waals surface area (Å²) in [5.41, 5.74) is 0. The van der Waals surface area contributed by atoms with E-state index >= 15 is 0 Å². The Bertz CT molecular complexity index is 385. The normalized spacial score (nSPS) is 18.8. The van der Waals surface area contributed by atoms with Crippen LogP contribution in [0.1, 0.15) is 29.8 Å². The molecule has 98 valence electrons. The Kier molecular flexibility index (Phi) is 5.02. The molecule has 2 rings (SSSR count). The molecule has 0 saturated heterocycles. The first-order chi connectivity index (χ1) is 8.86. The molecule has 1 unspecified atom stereocenters. The first kappa shape index (κ1) is 12.9. The van der Waals surface area contributed by atoms with Gasteiger partial charge < -0.3 is 15.1 Å². The fourth-order valence-corrected chi connectivity index (χ4v) is 2.11. The van der Waals surface area contributed by atoms with Gasteiger partial charge in [0, 0.05) is 13.1 Å². The maximum absolute atomic E-state index is 11.5. The fourth-order valence-electron chi connectivity index (χ4n) is 2.11. The van der Waals surface area contributed by atoms with Crippen molar-refractivity contribution in [3.05, 3.63) is 36.3 Å². The van der Waals surface area contributed by atoms with Crippen LogP contribution < -0.4 is 10.6 Å². The topological polar surface area (TPSA) is 54.3 Å². The van der Waals surface area contributed by atoms with Crippen molar-refractivity contribution in [2.45, 2.75) is 19.3 Å². The Hall–Kier alpha value is -1.55. The Balaban J connectivity index is 1.53. The molecule has 1 aromatic rings. The molecule has 1 aliphatic rings. The van der Waals surface area contributed by atoms with Crippen LogP contribution in [-0.4, -0.2) is 25.5 Å². The Morgan fingerprint density at radius 2 is 2.33 bits per heavy atom. The Labute approximate surface area is 107 Å². The zero-order valence-electron chi connectivity index (χ0n) is 10.5. The number of nitrogens with one attached hydrogen (secondary N) is 2. The van der Waals surface area contributed by atoms with Crippen LogP contribution in [0.15, 0.2) is 35.0 Å². The standard InChI is InChI=1S/C14H20N2O2/c17-14(13-7-4-10-18-13)16-9-8-15-11-12-5-2-1-3-6-12/h1-2,4,7,10,12,15H,3,5-6,8-9,11H2,(H,16,17). The van der Waals surface area contributed by atoms with Crippen LogP contribution in [0.4, 0.5) is 0 Å². The van der Waals surface area contributed by atoms with Crippen molar-refractivity contribution in [1.29, 1.82) is 0 Å². The van der Waals surface area contributed by atoms with Gasteiger partial charge in [-0.3, -0.25) is 4.79 Å². The number of furan rings is 1. The summed E-state index contributed by atoms with van der Waals surface area (Å²) in [6.07, 6.45) is 9.65. The lowest BCUT2D eigenvalue weighted by Crippen LogP contribution is -2.33. The highest BCUT2D eigenvalue weighted by Gasteiger charge is 2.09. The van der Waals surface area contributed by atoms with E-state index in [9.17, 15) is 4.79 Å². The quantitative estimate of drug-likeness (QED) is 0.597. The van der Waals surface area contributed by atoms with Crippen LogP contribution in [-0.2, 0) is 0 Å². The minimum absolute atomic E-state index is 0.151. The van der Waals surface area contributed by atoms with Gasteiger partial charge in [0.15, 0.2) is 5.76 Å². The van der Waals surface area contributed by atoms with Crippen LogP contribution in [0, 0.1) is 5.92 Å². The first-order valence-electron chi connectivity index (χ1n) is 6.53. The van der Waals surface area contributed by atoms with Gasteiger partial charge in [0.2, 0.25) is 0 Å². The van der Waals surface area contributed by atoms with Gasteiger partial charge in [-0.25, -0.2) is 0 Å². The van der Waals surface area contributed by atoms with E-state index in [0.717, 1.165) is 19.0 Å². The summed E-state index contributed by atoms with van der Waals surface area (Å²) in [7, 11) is 0. The first-order valence-corrected chi connectivity index (χ1v) is 6.53. The third-order valence-corrected chi connectivity index (χ3v) is 3.14. The van der Waals surface area contributed by atoms with E-state index in [1.807, 2.05) is 0 Å². The van der Waals surface area contributed by atoms with Crippen LogP contribution in [0.25, 0.3) is 0 Å². The molecule has 1 heterocycles. The number of rotatable bonds is 6. The molecule has 0 radical (unpaired) electrons. The molecule has 0 spiro atoms. The summed E-state index contributed by atoms with van der Waals surface area (Å²) in [6.45, 7) is 2.45. The van der Waals surface area contributed by atoms with Gasteiger partial charge in [-0.2, -0.15) is 0 Å². The molecule has 4 nitrogen and oxygen atoms in total. The van der Waals surface area contributed by atoms with Crippen molar-refractivity contribution in [2.24, 2.45) is 5.92 Å².